The monoisotopic (exact) mass is 374 g/mol. The van der Waals surface area contributed by atoms with Crippen LogP contribution in [0.2, 0.25) is 10.0 Å². The Morgan fingerprint density at radius 2 is 2.23 bits per heavy atom. The van der Waals surface area contributed by atoms with E-state index in [0.717, 1.165) is 0 Å². The number of nitrogens with zero attached hydrogens (tertiary/aromatic N) is 3. The molecule has 1 fully saturated rings. The molecule has 1 amide bonds. The van der Waals surface area contributed by atoms with E-state index in [4.69, 9.17) is 27.9 Å². The largest absolute Gasteiger partial charge is 0.485 e. The second kappa shape index (κ2) is 6.82. The summed E-state index contributed by atoms with van der Waals surface area (Å²) in [7, 11) is 0. The Balaban J connectivity index is 1.63. The lowest BCUT2D eigenvalue weighted by atomic mass is 10.3. The van der Waals surface area contributed by atoms with Crippen LogP contribution in [0.3, 0.4) is 0 Å². The zero-order valence-electron chi connectivity index (χ0n) is 10.9. The van der Waals surface area contributed by atoms with Crippen molar-refractivity contribution < 1.29 is 9.53 Å². The van der Waals surface area contributed by atoms with Gasteiger partial charge in [0.15, 0.2) is 10.2 Å². The van der Waals surface area contributed by atoms with Gasteiger partial charge in [0.25, 0.3) is 0 Å². The number of benzene rings is 1. The van der Waals surface area contributed by atoms with Gasteiger partial charge in [-0.25, -0.2) is 0 Å². The lowest BCUT2D eigenvalue weighted by molar-refractivity contribution is -0.116. The van der Waals surface area contributed by atoms with E-state index in [1.165, 1.54) is 23.1 Å². The highest BCUT2D eigenvalue weighted by Crippen LogP contribution is 2.29. The van der Waals surface area contributed by atoms with Crippen molar-refractivity contribution in [3.8, 4) is 5.75 Å². The predicted octanol–water partition coefficient (Wildman–Crippen LogP) is 3.27. The fourth-order valence-corrected chi connectivity index (χ4v) is 3.38. The zero-order valence-corrected chi connectivity index (χ0v) is 14.0. The number of carbonyl (C=O) groups excluding carboxylic acids is 1. The van der Waals surface area contributed by atoms with Crippen LogP contribution < -0.4 is 10.1 Å². The third-order valence-corrected chi connectivity index (χ3v) is 4.68. The van der Waals surface area contributed by atoms with Crippen molar-refractivity contribution in [1.82, 2.24) is 15.5 Å². The van der Waals surface area contributed by atoms with Crippen LogP contribution >= 0.6 is 46.3 Å². The van der Waals surface area contributed by atoms with Crippen LogP contribution in [0.4, 0.5) is 5.13 Å². The van der Waals surface area contributed by atoms with Gasteiger partial charge in [0.05, 0.1) is 10.8 Å². The molecule has 0 spiro atoms. The van der Waals surface area contributed by atoms with Crippen LogP contribution in [0, 0.1) is 0 Å². The molecule has 0 aliphatic carbocycles. The quantitative estimate of drug-likeness (QED) is 0.888. The van der Waals surface area contributed by atoms with E-state index in [1.807, 2.05) is 0 Å². The molecular weight excluding hydrogens is 367 g/mol. The van der Waals surface area contributed by atoms with Crippen LogP contribution in [0.5, 0.6) is 5.75 Å². The predicted molar refractivity (Wildman–Crippen MR) is 88.4 cm³/mol. The van der Waals surface area contributed by atoms with E-state index >= 15 is 0 Å². The molecule has 1 saturated heterocycles. The number of aromatic nitrogens is 2. The maximum Gasteiger partial charge on any atom is 0.236 e. The molecule has 2 heterocycles. The molecule has 114 valence electrons. The molecule has 2 aromatic rings. The highest BCUT2D eigenvalue weighted by Gasteiger charge is 2.17. The molecule has 6 nitrogen and oxygen atoms in total. The lowest BCUT2D eigenvalue weighted by Crippen LogP contribution is -2.19. The number of carbonyl (C=O) groups is 1. The van der Waals surface area contributed by atoms with Crippen molar-refractivity contribution in [1.29, 1.82) is 0 Å². The highest BCUT2D eigenvalue weighted by atomic mass is 35.5. The first-order valence-corrected chi connectivity index (χ1v) is 8.57. The molecule has 0 bridgehead atoms. The van der Waals surface area contributed by atoms with Gasteiger partial charge in [-0.05, 0) is 18.2 Å². The van der Waals surface area contributed by atoms with Crippen molar-refractivity contribution in [3.05, 3.63) is 33.3 Å². The molecule has 1 aromatic carbocycles. The summed E-state index contributed by atoms with van der Waals surface area (Å²) in [6.07, 6.45) is 0. The number of amides is 1. The summed E-state index contributed by atoms with van der Waals surface area (Å²) in [4.78, 5) is 15.3. The smallest absolute Gasteiger partial charge is 0.236 e. The Labute approximate surface area is 143 Å². The van der Waals surface area contributed by atoms with E-state index < -0.39 is 0 Å². The van der Waals surface area contributed by atoms with Crippen LogP contribution in [0.15, 0.2) is 23.2 Å². The fourth-order valence-electron chi connectivity index (χ4n) is 1.55. The van der Waals surface area contributed by atoms with Crippen LogP contribution in [0.1, 0.15) is 5.01 Å². The number of nitrogens with one attached hydrogen (secondary N) is 1. The second-order valence-corrected chi connectivity index (χ2v) is 6.94. The number of halogens is 2. The van der Waals surface area contributed by atoms with E-state index in [2.05, 4.69) is 20.5 Å². The van der Waals surface area contributed by atoms with E-state index in [1.54, 1.807) is 18.2 Å². The second-order valence-electron chi connectivity index (χ2n) is 4.10. The van der Waals surface area contributed by atoms with Crippen molar-refractivity contribution >= 4 is 62.5 Å². The average Bonchev–Trinajstić information content (AvgIpc) is 3.08. The first kappa shape index (κ1) is 15.5. The number of aliphatic imine (C=N–C) groups is 1. The van der Waals surface area contributed by atoms with E-state index in [0.29, 0.717) is 36.9 Å². The van der Waals surface area contributed by atoms with Crippen molar-refractivity contribution in [3.63, 3.8) is 0 Å². The average molecular weight is 375 g/mol. The molecule has 0 unspecified atom stereocenters. The Hall–Kier alpha value is -1.35. The maximum absolute atomic E-state index is 11.1. The van der Waals surface area contributed by atoms with E-state index in [-0.39, 0.29) is 12.5 Å². The van der Waals surface area contributed by atoms with Crippen molar-refractivity contribution in [2.75, 3.05) is 5.75 Å². The molecule has 1 aliphatic rings. The van der Waals surface area contributed by atoms with Gasteiger partial charge in [-0.3, -0.25) is 4.79 Å². The summed E-state index contributed by atoms with van der Waals surface area (Å²) in [5.74, 6) is 0.838. The number of amidine groups is 1. The van der Waals surface area contributed by atoms with Gasteiger partial charge in [0.1, 0.15) is 12.4 Å². The number of hydrogen-bond acceptors (Lipinski definition) is 7. The van der Waals surface area contributed by atoms with Crippen LogP contribution in [0.25, 0.3) is 0 Å². The topological polar surface area (TPSA) is 76.5 Å². The maximum atomic E-state index is 11.1. The van der Waals surface area contributed by atoms with Gasteiger partial charge in [-0.15, -0.1) is 10.2 Å². The van der Waals surface area contributed by atoms with Crippen LogP contribution in [-0.4, -0.2) is 27.0 Å². The molecular formula is C12H8Cl2N4O2S2. The Kier molecular flexibility index (Phi) is 4.82. The molecule has 1 aliphatic heterocycles. The standard InChI is InChI=1S/C12H8Cl2N4O2S2/c13-6-1-2-8(7(14)3-6)20-4-10-17-18-12(22-10)16-11-15-9(19)5-21-11/h1-3H,4-5H2,(H,15,16,18,19). The first-order chi connectivity index (χ1) is 10.6. The summed E-state index contributed by atoms with van der Waals surface area (Å²) >= 11 is 14.5. The molecule has 22 heavy (non-hydrogen) atoms. The van der Waals surface area contributed by atoms with Crippen LogP contribution in [-0.2, 0) is 11.4 Å². The van der Waals surface area contributed by atoms with Gasteiger partial charge >= 0.3 is 0 Å². The van der Waals surface area contributed by atoms with Gasteiger partial charge in [0, 0.05) is 5.02 Å². The molecule has 0 atom stereocenters. The highest BCUT2D eigenvalue weighted by molar-refractivity contribution is 8.15. The third-order valence-electron chi connectivity index (χ3n) is 2.48. The minimum atomic E-state index is -0.0609. The minimum absolute atomic E-state index is 0.0609. The molecule has 0 saturated carbocycles. The molecule has 3 rings (SSSR count). The molecule has 0 radical (unpaired) electrons. The fraction of sp³-hybridized carbons (Fsp3) is 0.167. The number of hydrogen-bond donors (Lipinski definition) is 1. The summed E-state index contributed by atoms with van der Waals surface area (Å²) in [5, 5.41) is 13.2. The minimum Gasteiger partial charge on any atom is -0.485 e. The number of thioether (sulfide) groups is 1. The number of rotatable bonds is 4. The van der Waals surface area contributed by atoms with Gasteiger partial charge in [-0.1, -0.05) is 46.3 Å². The van der Waals surface area contributed by atoms with Crippen molar-refractivity contribution in [2.24, 2.45) is 4.99 Å². The Bertz CT molecular complexity index is 750. The Morgan fingerprint density at radius 1 is 1.36 bits per heavy atom. The summed E-state index contributed by atoms with van der Waals surface area (Å²) in [5.41, 5.74) is 0. The molecule has 10 heteroatoms. The normalized spacial score (nSPS) is 16.1. The van der Waals surface area contributed by atoms with Gasteiger partial charge in [0.2, 0.25) is 11.0 Å². The Morgan fingerprint density at radius 3 is 2.95 bits per heavy atom. The zero-order chi connectivity index (χ0) is 15.5. The SMILES string of the molecule is O=C1CS/C(=N/c2nnc(COc3ccc(Cl)cc3Cl)s2)N1. The first-order valence-electron chi connectivity index (χ1n) is 6.02. The van der Waals surface area contributed by atoms with E-state index in [9.17, 15) is 4.79 Å². The number of ether oxygens (including phenoxy) is 1. The lowest BCUT2D eigenvalue weighted by Gasteiger charge is -2.05. The summed E-state index contributed by atoms with van der Waals surface area (Å²) in [6.45, 7) is 0.226. The van der Waals surface area contributed by atoms with Crippen molar-refractivity contribution in [2.45, 2.75) is 6.61 Å². The molecule has 1 N–H and O–H groups in total. The third kappa shape index (κ3) is 3.89. The molecule has 1 aromatic heterocycles. The van der Waals surface area contributed by atoms with Gasteiger partial charge < -0.3 is 10.1 Å². The summed E-state index contributed by atoms with van der Waals surface area (Å²) < 4.78 is 5.57. The summed E-state index contributed by atoms with van der Waals surface area (Å²) in [6, 6.07) is 4.99. The van der Waals surface area contributed by atoms with Gasteiger partial charge in [-0.2, -0.15) is 4.99 Å².